The molecule has 3 N–H and O–H groups in total. The predicted molar refractivity (Wildman–Crippen MR) is 65.6 cm³/mol. The lowest BCUT2D eigenvalue weighted by Gasteiger charge is -2.09. The summed E-state index contributed by atoms with van der Waals surface area (Å²) in [5, 5.41) is 12.1. The molecule has 0 aliphatic heterocycles. The summed E-state index contributed by atoms with van der Waals surface area (Å²) < 4.78 is 0. The fraction of sp³-hybridized carbons (Fsp3) is 0.0833. The van der Waals surface area contributed by atoms with Gasteiger partial charge in [0.25, 0.3) is 0 Å². The van der Waals surface area contributed by atoms with Crippen LogP contribution in [0.2, 0.25) is 0 Å². The summed E-state index contributed by atoms with van der Waals surface area (Å²) >= 11 is 0. The molecule has 1 aromatic carbocycles. The van der Waals surface area contributed by atoms with Crippen molar-refractivity contribution < 1.29 is 0 Å². The smallest absolute Gasteiger partial charge is 0.221 e. The Labute approximate surface area is 98.9 Å². The number of para-hydroxylation sites is 1. The molecular weight excluding hydrogens is 214 g/mol. The molecule has 2 rings (SSSR count). The second-order valence-corrected chi connectivity index (χ2v) is 3.54. The highest BCUT2D eigenvalue weighted by Crippen LogP contribution is 2.21. The van der Waals surface area contributed by atoms with Crippen LogP contribution in [-0.4, -0.2) is 9.97 Å². The van der Waals surface area contributed by atoms with Gasteiger partial charge >= 0.3 is 0 Å². The molecular formula is C12H11N5. The number of nitriles is 1. The maximum absolute atomic E-state index is 8.97. The fourth-order valence-corrected chi connectivity index (χ4v) is 1.40. The van der Waals surface area contributed by atoms with Crippen LogP contribution in [0, 0.1) is 18.3 Å². The fourth-order valence-electron chi connectivity index (χ4n) is 1.40. The van der Waals surface area contributed by atoms with Crippen LogP contribution >= 0.6 is 0 Å². The Bertz CT molecular complexity index is 586. The van der Waals surface area contributed by atoms with E-state index in [1.807, 2.05) is 25.1 Å². The van der Waals surface area contributed by atoms with Crippen LogP contribution in [0.1, 0.15) is 11.1 Å². The number of aryl methyl sites for hydroxylation is 1. The number of hydrogen-bond donors (Lipinski definition) is 2. The lowest BCUT2D eigenvalue weighted by atomic mass is 10.2. The molecule has 2 aromatic rings. The van der Waals surface area contributed by atoms with Crippen molar-refractivity contribution in [3.63, 3.8) is 0 Å². The van der Waals surface area contributed by atoms with Gasteiger partial charge in [0.05, 0.1) is 11.3 Å². The molecule has 17 heavy (non-hydrogen) atoms. The molecule has 0 spiro atoms. The number of benzene rings is 1. The van der Waals surface area contributed by atoms with E-state index in [9.17, 15) is 0 Å². The zero-order valence-electron chi connectivity index (χ0n) is 9.31. The van der Waals surface area contributed by atoms with E-state index in [-0.39, 0.29) is 5.95 Å². The van der Waals surface area contributed by atoms with E-state index in [4.69, 9.17) is 11.0 Å². The maximum Gasteiger partial charge on any atom is 0.221 e. The normalized spacial score (nSPS) is 9.65. The second kappa shape index (κ2) is 4.49. The Morgan fingerprint density at radius 2 is 2.12 bits per heavy atom. The summed E-state index contributed by atoms with van der Waals surface area (Å²) in [7, 11) is 0. The summed E-state index contributed by atoms with van der Waals surface area (Å²) in [6.45, 7) is 1.87. The molecule has 0 saturated heterocycles. The summed E-state index contributed by atoms with van der Waals surface area (Å²) in [5.74, 6) is 0.813. The second-order valence-electron chi connectivity index (χ2n) is 3.54. The number of nitrogens with zero attached hydrogens (tertiary/aromatic N) is 3. The van der Waals surface area contributed by atoms with Gasteiger partial charge in [0, 0.05) is 11.8 Å². The van der Waals surface area contributed by atoms with E-state index < -0.39 is 0 Å². The Balaban J connectivity index is 2.38. The summed E-state index contributed by atoms with van der Waals surface area (Å²) in [6.07, 6.45) is 1.64. The molecule has 1 aromatic heterocycles. The summed E-state index contributed by atoms with van der Waals surface area (Å²) in [5.41, 5.74) is 7.66. The molecule has 1 heterocycles. The van der Waals surface area contributed by atoms with Gasteiger partial charge in [0.2, 0.25) is 5.95 Å². The van der Waals surface area contributed by atoms with Gasteiger partial charge in [-0.1, -0.05) is 12.1 Å². The van der Waals surface area contributed by atoms with Gasteiger partial charge in [0.15, 0.2) is 0 Å². The van der Waals surface area contributed by atoms with Gasteiger partial charge in [0.1, 0.15) is 11.9 Å². The van der Waals surface area contributed by atoms with Crippen molar-refractivity contribution in [3.8, 4) is 6.07 Å². The van der Waals surface area contributed by atoms with Crippen molar-refractivity contribution in [2.24, 2.45) is 0 Å². The number of aromatic nitrogens is 2. The van der Waals surface area contributed by atoms with Crippen LogP contribution in [-0.2, 0) is 0 Å². The first kappa shape index (κ1) is 10.9. The van der Waals surface area contributed by atoms with Crippen molar-refractivity contribution in [2.45, 2.75) is 6.92 Å². The first-order valence-electron chi connectivity index (χ1n) is 5.06. The molecule has 0 saturated carbocycles. The standard InChI is InChI=1S/C12H11N5/c1-8-7-15-12(14)17-11(8)16-10-5-3-2-4-9(10)6-13/h2-5,7H,1H3,(H3,14,15,16,17). The van der Waals surface area contributed by atoms with E-state index in [0.717, 1.165) is 5.56 Å². The molecule has 0 atom stereocenters. The molecule has 0 aliphatic carbocycles. The van der Waals surface area contributed by atoms with Gasteiger partial charge in [-0.05, 0) is 19.1 Å². The third-order valence-corrected chi connectivity index (χ3v) is 2.29. The van der Waals surface area contributed by atoms with Crippen LogP contribution in [0.25, 0.3) is 0 Å². The Kier molecular flexibility index (Phi) is 2.88. The topological polar surface area (TPSA) is 87.6 Å². The van der Waals surface area contributed by atoms with Crippen LogP contribution in [0.15, 0.2) is 30.5 Å². The molecule has 0 bridgehead atoms. The predicted octanol–water partition coefficient (Wildman–Crippen LogP) is 1.98. The largest absolute Gasteiger partial charge is 0.368 e. The quantitative estimate of drug-likeness (QED) is 0.815. The molecule has 0 unspecified atom stereocenters. The van der Waals surface area contributed by atoms with Crippen LogP contribution in [0.4, 0.5) is 17.5 Å². The van der Waals surface area contributed by atoms with Gasteiger partial charge in [-0.2, -0.15) is 10.2 Å². The third-order valence-electron chi connectivity index (χ3n) is 2.29. The maximum atomic E-state index is 8.97. The van der Waals surface area contributed by atoms with E-state index in [2.05, 4.69) is 21.4 Å². The molecule has 84 valence electrons. The Hall–Kier alpha value is -2.61. The van der Waals surface area contributed by atoms with E-state index in [1.54, 1.807) is 12.3 Å². The zero-order chi connectivity index (χ0) is 12.3. The van der Waals surface area contributed by atoms with Crippen molar-refractivity contribution in [1.82, 2.24) is 9.97 Å². The highest BCUT2D eigenvalue weighted by molar-refractivity contribution is 5.66. The van der Waals surface area contributed by atoms with Crippen molar-refractivity contribution >= 4 is 17.5 Å². The lowest BCUT2D eigenvalue weighted by Crippen LogP contribution is -2.02. The van der Waals surface area contributed by atoms with Gasteiger partial charge in [-0.25, -0.2) is 4.98 Å². The number of nitrogens with two attached hydrogens (primary N) is 1. The summed E-state index contributed by atoms with van der Waals surface area (Å²) in [4.78, 5) is 7.97. The minimum absolute atomic E-state index is 0.201. The Morgan fingerprint density at radius 3 is 2.88 bits per heavy atom. The Morgan fingerprint density at radius 1 is 1.35 bits per heavy atom. The molecule has 0 fully saturated rings. The van der Waals surface area contributed by atoms with E-state index in [0.29, 0.717) is 17.1 Å². The van der Waals surface area contributed by atoms with Gasteiger partial charge < -0.3 is 11.1 Å². The molecule has 0 aliphatic rings. The number of hydrogen-bond acceptors (Lipinski definition) is 5. The lowest BCUT2D eigenvalue weighted by molar-refractivity contribution is 1.15. The van der Waals surface area contributed by atoms with E-state index in [1.165, 1.54) is 0 Å². The van der Waals surface area contributed by atoms with Crippen LogP contribution < -0.4 is 11.1 Å². The molecule has 0 amide bonds. The minimum atomic E-state index is 0.201. The highest BCUT2D eigenvalue weighted by Gasteiger charge is 2.05. The van der Waals surface area contributed by atoms with E-state index >= 15 is 0 Å². The average molecular weight is 225 g/mol. The minimum Gasteiger partial charge on any atom is -0.368 e. The van der Waals surface area contributed by atoms with Crippen molar-refractivity contribution in [2.75, 3.05) is 11.1 Å². The van der Waals surface area contributed by atoms with Crippen molar-refractivity contribution in [3.05, 3.63) is 41.6 Å². The highest BCUT2D eigenvalue weighted by atomic mass is 15.1. The SMILES string of the molecule is Cc1cnc(N)nc1Nc1ccccc1C#N. The van der Waals surface area contributed by atoms with Gasteiger partial charge in [-0.3, -0.25) is 0 Å². The third kappa shape index (κ3) is 2.32. The average Bonchev–Trinajstić information content (AvgIpc) is 2.34. The van der Waals surface area contributed by atoms with Crippen LogP contribution in [0.5, 0.6) is 0 Å². The monoisotopic (exact) mass is 225 g/mol. The van der Waals surface area contributed by atoms with Gasteiger partial charge in [-0.15, -0.1) is 0 Å². The molecule has 5 nitrogen and oxygen atoms in total. The van der Waals surface area contributed by atoms with Crippen LogP contribution in [0.3, 0.4) is 0 Å². The summed E-state index contributed by atoms with van der Waals surface area (Å²) in [6, 6.07) is 9.33. The number of anilines is 3. The number of rotatable bonds is 2. The zero-order valence-corrected chi connectivity index (χ0v) is 9.31. The first-order chi connectivity index (χ1) is 8.20. The molecule has 0 radical (unpaired) electrons. The number of nitrogen functional groups attached to an aromatic ring is 1. The first-order valence-corrected chi connectivity index (χ1v) is 5.06. The number of nitrogens with one attached hydrogen (secondary N) is 1. The van der Waals surface area contributed by atoms with Crippen molar-refractivity contribution in [1.29, 1.82) is 5.26 Å². The molecule has 5 heteroatoms.